The van der Waals surface area contributed by atoms with Crippen LogP contribution in [-0.4, -0.2) is 35.2 Å². The second-order valence-corrected chi connectivity index (χ2v) is 6.17. The highest BCUT2D eigenvalue weighted by Crippen LogP contribution is 2.15. The van der Waals surface area contributed by atoms with Gasteiger partial charge in [-0.05, 0) is 5.56 Å². The highest BCUT2D eigenvalue weighted by Gasteiger charge is 2.25. The van der Waals surface area contributed by atoms with Crippen molar-refractivity contribution in [3.05, 3.63) is 53.4 Å². The summed E-state index contributed by atoms with van der Waals surface area (Å²) < 4.78 is 5.17. The summed E-state index contributed by atoms with van der Waals surface area (Å²) in [5, 5.41) is 8.96. The standard InChI is InChI=1S/C17H22N4O2/c1-12(2)16-8-15(20-23-16)17(22)19-14-9-18-21(11-14)10-13-6-4-3-5-7-13/h3-8,12,14,18H,9-11H2,1-2H3,(H,19,22). The maximum atomic E-state index is 12.2. The number of nitrogens with one attached hydrogen (secondary N) is 2. The van der Waals surface area contributed by atoms with Crippen molar-refractivity contribution in [2.45, 2.75) is 32.4 Å². The van der Waals surface area contributed by atoms with Gasteiger partial charge < -0.3 is 9.84 Å². The predicted octanol–water partition coefficient (Wildman–Crippen LogP) is 1.92. The molecule has 0 bridgehead atoms. The molecule has 0 radical (unpaired) electrons. The molecular weight excluding hydrogens is 292 g/mol. The van der Waals surface area contributed by atoms with Crippen LogP contribution in [0.4, 0.5) is 0 Å². The number of carbonyl (C=O) groups is 1. The number of aromatic nitrogens is 1. The SMILES string of the molecule is CC(C)c1cc(C(=O)NC2CNN(Cc3ccccc3)C2)no1. The third-order valence-corrected chi connectivity index (χ3v) is 3.88. The molecule has 0 aliphatic carbocycles. The summed E-state index contributed by atoms with van der Waals surface area (Å²) in [4.78, 5) is 12.2. The first-order chi connectivity index (χ1) is 11.1. The Morgan fingerprint density at radius 1 is 1.43 bits per heavy atom. The Morgan fingerprint density at radius 3 is 2.91 bits per heavy atom. The summed E-state index contributed by atoms with van der Waals surface area (Å²) in [7, 11) is 0. The van der Waals surface area contributed by atoms with Crippen molar-refractivity contribution in [1.82, 2.24) is 20.9 Å². The molecule has 6 heteroatoms. The number of hydrogen-bond donors (Lipinski definition) is 2. The average molecular weight is 314 g/mol. The van der Waals surface area contributed by atoms with Crippen LogP contribution in [0.3, 0.4) is 0 Å². The molecule has 2 aromatic rings. The van der Waals surface area contributed by atoms with E-state index in [9.17, 15) is 4.79 Å². The molecule has 1 fully saturated rings. The van der Waals surface area contributed by atoms with E-state index >= 15 is 0 Å². The van der Waals surface area contributed by atoms with E-state index in [4.69, 9.17) is 4.52 Å². The third-order valence-electron chi connectivity index (χ3n) is 3.88. The quantitative estimate of drug-likeness (QED) is 0.882. The highest BCUT2D eigenvalue weighted by atomic mass is 16.5. The van der Waals surface area contributed by atoms with Crippen molar-refractivity contribution in [3.63, 3.8) is 0 Å². The van der Waals surface area contributed by atoms with Crippen molar-refractivity contribution in [3.8, 4) is 0 Å². The summed E-state index contributed by atoms with van der Waals surface area (Å²) in [5.74, 6) is 0.762. The van der Waals surface area contributed by atoms with Crippen LogP contribution in [-0.2, 0) is 6.54 Å². The molecule has 2 heterocycles. The van der Waals surface area contributed by atoms with E-state index in [1.54, 1.807) is 6.07 Å². The summed E-state index contributed by atoms with van der Waals surface area (Å²) in [6, 6.07) is 12.0. The molecule has 1 amide bonds. The Balaban J connectivity index is 1.52. The van der Waals surface area contributed by atoms with Crippen molar-refractivity contribution < 1.29 is 9.32 Å². The van der Waals surface area contributed by atoms with Crippen LogP contribution in [0.2, 0.25) is 0 Å². The van der Waals surface area contributed by atoms with Crippen LogP contribution in [0.1, 0.15) is 41.6 Å². The number of amides is 1. The number of benzene rings is 1. The molecule has 122 valence electrons. The van der Waals surface area contributed by atoms with Gasteiger partial charge in [-0.1, -0.05) is 49.3 Å². The highest BCUT2D eigenvalue weighted by molar-refractivity contribution is 5.92. The molecule has 1 atom stereocenters. The fourth-order valence-electron chi connectivity index (χ4n) is 2.58. The van der Waals surface area contributed by atoms with Gasteiger partial charge in [0.15, 0.2) is 5.69 Å². The molecule has 1 aliphatic rings. The zero-order valence-electron chi connectivity index (χ0n) is 13.5. The Kier molecular flexibility index (Phi) is 4.73. The van der Waals surface area contributed by atoms with E-state index in [0.29, 0.717) is 12.2 Å². The second-order valence-electron chi connectivity index (χ2n) is 6.17. The molecule has 1 saturated heterocycles. The molecule has 1 aromatic carbocycles. The molecule has 2 N–H and O–H groups in total. The topological polar surface area (TPSA) is 70.4 Å². The van der Waals surface area contributed by atoms with Crippen LogP contribution in [0.25, 0.3) is 0 Å². The van der Waals surface area contributed by atoms with Crippen LogP contribution < -0.4 is 10.7 Å². The lowest BCUT2D eigenvalue weighted by Gasteiger charge is -2.15. The van der Waals surface area contributed by atoms with E-state index in [1.165, 1.54) is 5.56 Å². The molecule has 23 heavy (non-hydrogen) atoms. The number of carbonyl (C=O) groups excluding carboxylic acids is 1. The smallest absolute Gasteiger partial charge is 0.273 e. The minimum absolute atomic E-state index is 0.0606. The zero-order chi connectivity index (χ0) is 16.2. The molecule has 1 unspecified atom stereocenters. The van der Waals surface area contributed by atoms with Gasteiger partial charge in [0.2, 0.25) is 0 Å². The number of hydrazine groups is 1. The largest absolute Gasteiger partial charge is 0.360 e. The average Bonchev–Trinajstić information content (AvgIpc) is 3.18. The lowest BCUT2D eigenvalue weighted by atomic mass is 10.1. The van der Waals surface area contributed by atoms with Gasteiger partial charge in [0.05, 0.1) is 6.04 Å². The van der Waals surface area contributed by atoms with Crippen LogP contribution in [0.15, 0.2) is 40.9 Å². The normalized spacial score (nSPS) is 18.5. The lowest BCUT2D eigenvalue weighted by Crippen LogP contribution is -2.38. The van der Waals surface area contributed by atoms with E-state index in [2.05, 4.69) is 33.0 Å². The minimum Gasteiger partial charge on any atom is -0.360 e. The van der Waals surface area contributed by atoms with Crippen molar-refractivity contribution in [2.24, 2.45) is 0 Å². The molecular formula is C17H22N4O2. The molecule has 1 aliphatic heterocycles. The number of rotatable bonds is 5. The van der Waals surface area contributed by atoms with Crippen LogP contribution in [0, 0.1) is 0 Å². The molecule has 1 aromatic heterocycles. The van der Waals surface area contributed by atoms with Gasteiger partial charge >= 0.3 is 0 Å². The Hall–Kier alpha value is -2.18. The molecule has 0 spiro atoms. The monoisotopic (exact) mass is 314 g/mol. The van der Waals surface area contributed by atoms with Gasteiger partial charge in [0, 0.05) is 31.6 Å². The van der Waals surface area contributed by atoms with Crippen molar-refractivity contribution in [2.75, 3.05) is 13.1 Å². The Morgan fingerprint density at radius 2 is 2.22 bits per heavy atom. The maximum Gasteiger partial charge on any atom is 0.273 e. The van der Waals surface area contributed by atoms with Crippen molar-refractivity contribution in [1.29, 1.82) is 0 Å². The van der Waals surface area contributed by atoms with E-state index < -0.39 is 0 Å². The lowest BCUT2D eigenvalue weighted by molar-refractivity contribution is 0.0930. The Labute approximate surface area is 135 Å². The van der Waals surface area contributed by atoms with E-state index in [1.807, 2.05) is 32.0 Å². The van der Waals surface area contributed by atoms with Crippen molar-refractivity contribution >= 4 is 5.91 Å². The summed E-state index contributed by atoms with van der Waals surface area (Å²) in [6.45, 7) is 6.30. The Bertz CT molecular complexity index is 654. The summed E-state index contributed by atoms with van der Waals surface area (Å²) in [5.41, 5.74) is 4.89. The predicted molar refractivity (Wildman–Crippen MR) is 86.7 cm³/mol. The third kappa shape index (κ3) is 3.97. The fourth-order valence-corrected chi connectivity index (χ4v) is 2.58. The number of nitrogens with zero attached hydrogens (tertiary/aromatic N) is 2. The van der Waals surface area contributed by atoms with Crippen LogP contribution >= 0.6 is 0 Å². The van der Waals surface area contributed by atoms with Gasteiger partial charge in [-0.2, -0.15) is 0 Å². The molecule has 3 rings (SSSR count). The van der Waals surface area contributed by atoms with Gasteiger partial charge in [0.1, 0.15) is 5.76 Å². The first-order valence-electron chi connectivity index (χ1n) is 7.91. The first-order valence-corrected chi connectivity index (χ1v) is 7.91. The second kappa shape index (κ2) is 6.93. The molecule has 6 nitrogen and oxygen atoms in total. The van der Waals surface area contributed by atoms with E-state index in [0.717, 1.165) is 18.8 Å². The number of hydrogen-bond acceptors (Lipinski definition) is 5. The van der Waals surface area contributed by atoms with E-state index in [-0.39, 0.29) is 17.9 Å². The maximum absolute atomic E-state index is 12.2. The molecule has 0 saturated carbocycles. The first kappa shape index (κ1) is 15.7. The van der Waals surface area contributed by atoms with Gasteiger partial charge in [-0.15, -0.1) is 0 Å². The fraction of sp³-hybridized carbons (Fsp3) is 0.412. The zero-order valence-corrected chi connectivity index (χ0v) is 13.5. The van der Waals surface area contributed by atoms with Gasteiger partial charge in [0.25, 0.3) is 5.91 Å². The summed E-state index contributed by atoms with van der Waals surface area (Å²) in [6.07, 6.45) is 0. The van der Waals surface area contributed by atoms with Gasteiger partial charge in [-0.25, -0.2) is 5.01 Å². The minimum atomic E-state index is -0.186. The van der Waals surface area contributed by atoms with Gasteiger partial charge in [-0.3, -0.25) is 10.2 Å². The summed E-state index contributed by atoms with van der Waals surface area (Å²) >= 11 is 0. The van der Waals surface area contributed by atoms with Crippen LogP contribution in [0.5, 0.6) is 0 Å².